The Labute approximate surface area is 177 Å². The quantitative estimate of drug-likeness (QED) is 0.284. The molecule has 5 N–H and O–H groups in total. The molecule has 1 aliphatic carbocycles. The van der Waals surface area contributed by atoms with Gasteiger partial charge in [0.25, 0.3) is 0 Å². The molecule has 3 rings (SSSR count). The molecule has 2 fully saturated rings. The maximum atomic E-state index is 11.8. The molecule has 2 heterocycles. The molecule has 31 heavy (non-hydrogen) atoms. The third kappa shape index (κ3) is 4.29. The maximum absolute atomic E-state index is 11.8. The van der Waals surface area contributed by atoms with Crippen LogP contribution in [-0.4, -0.2) is 98.4 Å². The molecule has 10 atom stereocenters. The van der Waals surface area contributed by atoms with Gasteiger partial charge in [-0.1, -0.05) is 0 Å². The molecule has 0 spiro atoms. The monoisotopic (exact) mass is 448 g/mol. The molecule has 10 unspecified atom stereocenters. The van der Waals surface area contributed by atoms with E-state index in [2.05, 4.69) is 0 Å². The summed E-state index contributed by atoms with van der Waals surface area (Å²) in [5, 5.41) is 50.9. The first-order valence-electron chi connectivity index (χ1n) is 9.81. The second kappa shape index (κ2) is 8.62. The molecule has 0 aromatic rings. The summed E-state index contributed by atoms with van der Waals surface area (Å²) in [6.07, 6.45) is -7.97. The van der Waals surface area contributed by atoms with Crippen molar-refractivity contribution in [1.29, 1.82) is 0 Å². The van der Waals surface area contributed by atoms with Gasteiger partial charge in [-0.3, -0.25) is 9.59 Å². The zero-order valence-electron chi connectivity index (χ0n) is 17.3. The SMILES string of the molecule is CC(=O)OC1CC(C)(OC(C)=O)C2C(OC3OC(CO)C(O)C(O)C3O)OC=CC12O. The Morgan fingerprint density at radius 1 is 1.10 bits per heavy atom. The van der Waals surface area contributed by atoms with Gasteiger partial charge in [0.1, 0.15) is 41.7 Å². The van der Waals surface area contributed by atoms with E-state index in [9.17, 15) is 35.1 Å². The largest absolute Gasteiger partial charge is 0.472 e. The van der Waals surface area contributed by atoms with Crippen molar-refractivity contribution in [1.82, 2.24) is 0 Å². The number of aliphatic hydroxyl groups excluding tert-OH is 4. The number of carbonyl (C=O) groups excluding carboxylic acids is 2. The standard InChI is InChI=1S/C19H28O12/c1-8(21)28-11-6-18(3,31-9(2)22)15-17(27-5-4-19(11,15)26)30-16-14(25)13(24)12(23)10(7-20)29-16/h4-5,10-17,20,23-26H,6-7H2,1-3H3. The van der Waals surface area contributed by atoms with E-state index in [1.165, 1.54) is 26.8 Å². The Balaban J connectivity index is 1.91. The van der Waals surface area contributed by atoms with Gasteiger partial charge >= 0.3 is 11.9 Å². The molecular weight excluding hydrogens is 420 g/mol. The van der Waals surface area contributed by atoms with Gasteiger partial charge in [0.15, 0.2) is 6.29 Å². The van der Waals surface area contributed by atoms with E-state index >= 15 is 0 Å². The smallest absolute Gasteiger partial charge is 0.303 e. The summed E-state index contributed by atoms with van der Waals surface area (Å²) in [6, 6.07) is 0. The maximum Gasteiger partial charge on any atom is 0.303 e. The minimum absolute atomic E-state index is 0.0738. The lowest BCUT2D eigenvalue weighted by atomic mass is 9.81. The third-order valence-electron chi connectivity index (χ3n) is 5.88. The number of rotatable bonds is 5. The predicted molar refractivity (Wildman–Crippen MR) is 97.6 cm³/mol. The van der Waals surface area contributed by atoms with Gasteiger partial charge in [-0.25, -0.2) is 0 Å². The average molecular weight is 448 g/mol. The van der Waals surface area contributed by atoms with Crippen LogP contribution in [0.5, 0.6) is 0 Å². The Bertz CT molecular complexity index is 725. The molecule has 0 aromatic heterocycles. The van der Waals surface area contributed by atoms with Crippen molar-refractivity contribution in [2.24, 2.45) is 5.92 Å². The van der Waals surface area contributed by atoms with Gasteiger partial charge in [0.05, 0.1) is 18.8 Å². The van der Waals surface area contributed by atoms with E-state index < -0.39 is 78.8 Å². The molecule has 3 aliphatic rings. The highest BCUT2D eigenvalue weighted by molar-refractivity contribution is 5.67. The Kier molecular flexibility index (Phi) is 6.63. The van der Waals surface area contributed by atoms with E-state index in [0.717, 1.165) is 6.26 Å². The van der Waals surface area contributed by atoms with Gasteiger partial charge in [-0.15, -0.1) is 0 Å². The van der Waals surface area contributed by atoms with Gasteiger partial charge in [0.2, 0.25) is 6.29 Å². The van der Waals surface area contributed by atoms with E-state index in [1.54, 1.807) is 0 Å². The highest BCUT2D eigenvalue weighted by atomic mass is 16.8. The van der Waals surface area contributed by atoms with Crippen LogP contribution in [0.1, 0.15) is 27.2 Å². The van der Waals surface area contributed by atoms with E-state index in [4.69, 9.17) is 23.7 Å². The Morgan fingerprint density at radius 2 is 1.77 bits per heavy atom. The lowest BCUT2D eigenvalue weighted by molar-refractivity contribution is -0.351. The first-order chi connectivity index (χ1) is 14.4. The van der Waals surface area contributed by atoms with Crippen molar-refractivity contribution in [3.05, 3.63) is 12.3 Å². The highest BCUT2D eigenvalue weighted by Gasteiger charge is 2.68. The Hall–Kier alpha value is -1.80. The molecule has 2 aliphatic heterocycles. The number of hydrogen-bond acceptors (Lipinski definition) is 12. The van der Waals surface area contributed by atoms with Crippen LogP contribution in [-0.2, 0) is 33.3 Å². The first kappa shape index (κ1) is 23.9. The fourth-order valence-corrected chi connectivity index (χ4v) is 4.56. The fourth-order valence-electron chi connectivity index (χ4n) is 4.56. The van der Waals surface area contributed by atoms with Crippen molar-refractivity contribution in [3.8, 4) is 0 Å². The molecule has 0 aromatic carbocycles. The molecular formula is C19H28O12. The lowest BCUT2D eigenvalue weighted by Crippen LogP contribution is -2.62. The number of carbonyl (C=O) groups is 2. The van der Waals surface area contributed by atoms with E-state index in [0.29, 0.717) is 0 Å². The van der Waals surface area contributed by atoms with Crippen LogP contribution < -0.4 is 0 Å². The van der Waals surface area contributed by atoms with Crippen LogP contribution in [0.2, 0.25) is 0 Å². The summed E-state index contributed by atoms with van der Waals surface area (Å²) < 4.78 is 27.2. The van der Waals surface area contributed by atoms with Crippen LogP contribution in [0, 0.1) is 5.92 Å². The summed E-state index contributed by atoms with van der Waals surface area (Å²) >= 11 is 0. The zero-order chi connectivity index (χ0) is 23.1. The molecule has 1 saturated carbocycles. The first-order valence-corrected chi connectivity index (χ1v) is 9.81. The lowest BCUT2D eigenvalue weighted by Gasteiger charge is -2.46. The summed E-state index contributed by atoms with van der Waals surface area (Å²) in [5.74, 6) is -2.45. The zero-order valence-corrected chi connectivity index (χ0v) is 17.3. The van der Waals surface area contributed by atoms with Crippen LogP contribution in [0.25, 0.3) is 0 Å². The molecule has 0 amide bonds. The van der Waals surface area contributed by atoms with Crippen LogP contribution in [0.4, 0.5) is 0 Å². The van der Waals surface area contributed by atoms with Gasteiger partial charge in [0, 0.05) is 20.3 Å². The minimum atomic E-state index is -1.85. The van der Waals surface area contributed by atoms with Gasteiger partial charge in [-0.05, 0) is 13.0 Å². The van der Waals surface area contributed by atoms with Gasteiger partial charge in [-0.2, -0.15) is 0 Å². The summed E-state index contributed by atoms with van der Waals surface area (Å²) in [7, 11) is 0. The summed E-state index contributed by atoms with van der Waals surface area (Å²) in [6.45, 7) is 3.20. The minimum Gasteiger partial charge on any atom is -0.472 e. The third-order valence-corrected chi connectivity index (χ3v) is 5.88. The van der Waals surface area contributed by atoms with Crippen molar-refractivity contribution >= 4 is 11.9 Å². The Morgan fingerprint density at radius 3 is 2.35 bits per heavy atom. The van der Waals surface area contributed by atoms with E-state index in [-0.39, 0.29) is 6.42 Å². The van der Waals surface area contributed by atoms with Crippen molar-refractivity contribution in [3.63, 3.8) is 0 Å². The number of aliphatic hydroxyl groups is 5. The van der Waals surface area contributed by atoms with Crippen molar-refractivity contribution in [2.45, 2.75) is 81.5 Å². The average Bonchev–Trinajstić information content (AvgIpc) is 2.88. The van der Waals surface area contributed by atoms with E-state index in [1.807, 2.05) is 0 Å². The van der Waals surface area contributed by atoms with Crippen LogP contribution in [0.3, 0.4) is 0 Å². The van der Waals surface area contributed by atoms with Crippen LogP contribution >= 0.6 is 0 Å². The normalized spacial score (nSPS) is 46.7. The molecule has 12 nitrogen and oxygen atoms in total. The number of hydrogen-bond donors (Lipinski definition) is 5. The second-order valence-corrected chi connectivity index (χ2v) is 8.21. The summed E-state index contributed by atoms with van der Waals surface area (Å²) in [5.41, 5.74) is -3.27. The molecule has 0 radical (unpaired) electrons. The topological polar surface area (TPSA) is 181 Å². The number of esters is 2. The molecule has 176 valence electrons. The number of fused-ring (bicyclic) bond motifs is 1. The molecule has 12 heteroatoms. The second-order valence-electron chi connectivity index (χ2n) is 8.21. The highest BCUT2D eigenvalue weighted by Crippen LogP contribution is 2.52. The molecule has 1 saturated heterocycles. The van der Waals surface area contributed by atoms with Crippen molar-refractivity contribution < 1.29 is 58.8 Å². The van der Waals surface area contributed by atoms with Crippen LogP contribution in [0.15, 0.2) is 12.3 Å². The predicted octanol–water partition coefficient (Wildman–Crippen LogP) is -2.32. The summed E-state index contributed by atoms with van der Waals surface area (Å²) in [4.78, 5) is 23.3. The van der Waals surface area contributed by atoms with Gasteiger partial charge < -0.3 is 49.2 Å². The number of ether oxygens (including phenoxy) is 5. The fraction of sp³-hybridized carbons (Fsp3) is 0.789. The molecule has 0 bridgehead atoms. The van der Waals surface area contributed by atoms with Crippen molar-refractivity contribution in [2.75, 3.05) is 6.61 Å².